The number of nitrogens with zero attached hydrogens (tertiary/aromatic N) is 1. The van der Waals surface area contributed by atoms with Crippen LogP contribution in [0.1, 0.15) is 21.5 Å². The number of halogens is 2. The highest BCUT2D eigenvalue weighted by Crippen LogP contribution is 2.35. The lowest BCUT2D eigenvalue weighted by atomic mass is 10.1. The molecule has 6 heteroatoms. The van der Waals surface area contributed by atoms with Gasteiger partial charge in [0.1, 0.15) is 18.4 Å². The molecular weight excluding hydrogens is 426 g/mol. The number of rotatable bonds is 5. The topological polar surface area (TPSA) is 59.3 Å². The van der Waals surface area contributed by atoms with Gasteiger partial charge in [0.25, 0.3) is 0 Å². The summed E-state index contributed by atoms with van der Waals surface area (Å²) in [6.07, 6.45) is 0. The number of carbonyl (C=O) groups excluding carboxylic acids is 1. The summed E-state index contributed by atoms with van der Waals surface area (Å²) in [5, 5.41) is 8.39. The van der Waals surface area contributed by atoms with E-state index in [4.69, 9.17) is 14.7 Å². The van der Waals surface area contributed by atoms with Gasteiger partial charge in [-0.2, -0.15) is 5.26 Å². The predicted molar refractivity (Wildman–Crippen MR) is 93.2 cm³/mol. The third kappa shape index (κ3) is 4.81. The highest BCUT2D eigenvalue weighted by atomic mass is 79.9. The summed E-state index contributed by atoms with van der Waals surface area (Å²) in [4.78, 5) is 11.6. The molecule has 0 aliphatic carbocycles. The van der Waals surface area contributed by atoms with Crippen molar-refractivity contribution in [3.63, 3.8) is 0 Å². The van der Waals surface area contributed by atoms with Crippen LogP contribution in [0.15, 0.2) is 45.3 Å². The lowest BCUT2D eigenvalue weighted by Gasteiger charge is -2.11. The minimum absolute atomic E-state index is 0.251. The van der Waals surface area contributed by atoms with Crippen molar-refractivity contribution in [1.82, 2.24) is 0 Å². The van der Waals surface area contributed by atoms with E-state index in [1.165, 1.54) is 0 Å². The van der Waals surface area contributed by atoms with Crippen molar-refractivity contribution in [1.29, 1.82) is 5.26 Å². The molecule has 0 unspecified atom stereocenters. The third-order valence-corrected chi connectivity index (χ3v) is 4.16. The quantitative estimate of drug-likeness (QED) is 0.630. The molecule has 0 amide bonds. The molecule has 0 N–H and O–H groups in total. The summed E-state index contributed by atoms with van der Waals surface area (Å²) in [5.74, 6) is 0.219. The van der Waals surface area contributed by atoms with Crippen LogP contribution >= 0.6 is 31.9 Å². The van der Waals surface area contributed by atoms with Crippen LogP contribution in [0.4, 0.5) is 0 Å². The van der Waals surface area contributed by atoms with Gasteiger partial charge in [-0.15, -0.1) is 0 Å². The number of hydrogen-bond donors (Lipinski definition) is 0. The van der Waals surface area contributed by atoms with Gasteiger partial charge in [-0.25, -0.2) is 4.79 Å². The Kier molecular flexibility index (Phi) is 6.20. The molecule has 0 aromatic heterocycles. The summed E-state index contributed by atoms with van der Waals surface area (Å²) in [6.45, 7) is 2.12. The second kappa shape index (κ2) is 8.14. The first kappa shape index (κ1) is 17.5. The van der Waals surface area contributed by atoms with Gasteiger partial charge >= 0.3 is 5.97 Å². The molecule has 23 heavy (non-hydrogen) atoms. The Bertz CT molecular complexity index is 728. The maximum Gasteiger partial charge on any atom is 0.339 e. The van der Waals surface area contributed by atoms with Gasteiger partial charge in [0, 0.05) is 0 Å². The zero-order chi connectivity index (χ0) is 16.8. The maximum absolute atomic E-state index is 11.6. The number of benzene rings is 2. The predicted octanol–water partition coefficient (Wildman–Crippen LogP) is 4.78. The molecule has 0 aliphatic heterocycles. The second-order valence-electron chi connectivity index (χ2n) is 4.78. The van der Waals surface area contributed by atoms with Crippen LogP contribution in [-0.4, -0.2) is 12.6 Å². The fourth-order valence-electron chi connectivity index (χ4n) is 1.90. The van der Waals surface area contributed by atoms with Crippen LogP contribution in [0.25, 0.3) is 0 Å². The second-order valence-corrected chi connectivity index (χ2v) is 6.49. The summed E-state index contributed by atoms with van der Waals surface area (Å²) in [7, 11) is 0. The molecule has 0 saturated carbocycles. The van der Waals surface area contributed by atoms with Crippen LogP contribution in [0.5, 0.6) is 5.75 Å². The first-order valence-corrected chi connectivity index (χ1v) is 8.31. The van der Waals surface area contributed by atoms with Gasteiger partial charge in [0.15, 0.2) is 6.61 Å². The van der Waals surface area contributed by atoms with Crippen molar-refractivity contribution in [2.24, 2.45) is 0 Å². The zero-order valence-corrected chi connectivity index (χ0v) is 15.5. The van der Waals surface area contributed by atoms with Crippen molar-refractivity contribution in [3.05, 3.63) is 62.0 Å². The molecule has 2 rings (SSSR count). The number of aryl methyl sites for hydroxylation is 1. The Labute approximate surface area is 151 Å². The van der Waals surface area contributed by atoms with Crippen molar-refractivity contribution >= 4 is 37.8 Å². The summed E-state index contributed by atoms with van der Waals surface area (Å²) >= 11 is 6.97. The molecule has 2 aromatic rings. The molecule has 0 fully saturated rings. The fourth-order valence-corrected chi connectivity index (χ4v) is 3.54. The smallest absolute Gasteiger partial charge is 0.339 e. The Morgan fingerprint density at radius 3 is 2.35 bits per heavy atom. The van der Waals surface area contributed by atoms with E-state index in [9.17, 15) is 4.79 Å². The van der Waals surface area contributed by atoms with Crippen LogP contribution in [0.2, 0.25) is 0 Å². The van der Waals surface area contributed by atoms with E-state index in [1.54, 1.807) is 30.3 Å². The Balaban J connectivity index is 2.02. The van der Waals surface area contributed by atoms with Crippen molar-refractivity contribution in [2.45, 2.75) is 13.5 Å². The molecule has 0 radical (unpaired) electrons. The van der Waals surface area contributed by atoms with Gasteiger partial charge in [0.2, 0.25) is 0 Å². The largest absolute Gasteiger partial charge is 0.487 e. The first-order chi connectivity index (χ1) is 11.0. The zero-order valence-electron chi connectivity index (χ0n) is 12.3. The highest BCUT2D eigenvalue weighted by Gasteiger charge is 2.09. The Morgan fingerprint density at radius 2 is 1.78 bits per heavy atom. The minimum atomic E-state index is -0.511. The van der Waals surface area contributed by atoms with E-state index in [2.05, 4.69) is 31.9 Å². The molecule has 0 atom stereocenters. The molecule has 0 aliphatic rings. The standard InChI is InChI=1S/C17H13Br2NO3/c1-11-8-14(18)16(15(19)9-11)23-10-12-2-4-13(5-3-12)17(21)22-7-6-20/h2-5,8-9H,7,10H2,1H3. The first-order valence-electron chi connectivity index (χ1n) is 6.72. The maximum atomic E-state index is 11.6. The number of nitriles is 1. The Morgan fingerprint density at radius 1 is 1.17 bits per heavy atom. The molecule has 4 nitrogen and oxygen atoms in total. The number of esters is 1. The van der Waals surface area contributed by atoms with Crippen LogP contribution < -0.4 is 4.74 Å². The lowest BCUT2D eigenvalue weighted by Crippen LogP contribution is -2.05. The minimum Gasteiger partial charge on any atom is -0.487 e. The summed E-state index contributed by atoms with van der Waals surface area (Å²) < 4.78 is 12.3. The summed E-state index contributed by atoms with van der Waals surface area (Å²) in [5.41, 5.74) is 2.44. The van der Waals surface area contributed by atoms with Crippen LogP contribution in [-0.2, 0) is 11.3 Å². The molecular formula is C17H13Br2NO3. The van der Waals surface area contributed by atoms with Gasteiger partial charge in [-0.05, 0) is 74.2 Å². The number of carbonyl (C=O) groups is 1. The van der Waals surface area contributed by atoms with Crippen molar-refractivity contribution < 1.29 is 14.3 Å². The molecule has 0 bridgehead atoms. The van der Waals surface area contributed by atoms with Gasteiger partial charge < -0.3 is 9.47 Å². The fraction of sp³-hybridized carbons (Fsp3) is 0.176. The van der Waals surface area contributed by atoms with E-state index in [0.29, 0.717) is 12.2 Å². The monoisotopic (exact) mass is 437 g/mol. The molecule has 0 spiro atoms. The average Bonchev–Trinajstić information content (AvgIpc) is 2.52. The lowest BCUT2D eigenvalue weighted by molar-refractivity contribution is 0.0555. The molecule has 0 heterocycles. The Hall–Kier alpha value is -1.84. The van der Waals surface area contributed by atoms with Crippen molar-refractivity contribution in [3.8, 4) is 11.8 Å². The van der Waals surface area contributed by atoms with E-state index in [0.717, 1.165) is 25.8 Å². The van der Waals surface area contributed by atoms with E-state index < -0.39 is 5.97 Å². The SMILES string of the molecule is Cc1cc(Br)c(OCc2ccc(C(=O)OCC#N)cc2)c(Br)c1. The highest BCUT2D eigenvalue weighted by molar-refractivity contribution is 9.11. The van der Waals surface area contributed by atoms with Gasteiger partial charge in [0.05, 0.1) is 14.5 Å². The molecule has 0 saturated heterocycles. The van der Waals surface area contributed by atoms with Gasteiger partial charge in [-0.1, -0.05) is 12.1 Å². The number of ether oxygens (including phenoxy) is 2. The van der Waals surface area contributed by atoms with E-state index in [-0.39, 0.29) is 6.61 Å². The third-order valence-electron chi connectivity index (χ3n) is 2.98. The normalized spacial score (nSPS) is 10.0. The average molecular weight is 439 g/mol. The number of hydrogen-bond acceptors (Lipinski definition) is 4. The molecule has 118 valence electrons. The molecule has 2 aromatic carbocycles. The van der Waals surface area contributed by atoms with Crippen LogP contribution in [0, 0.1) is 18.3 Å². The van der Waals surface area contributed by atoms with Crippen molar-refractivity contribution in [2.75, 3.05) is 6.61 Å². The van der Waals surface area contributed by atoms with Crippen LogP contribution in [0.3, 0.4) is 0 Å². The van der Waals surface area contributed by atoms with E-state index in [1.807, 2.05) is 19.1 Å². The van der Waals surface area contributed by atoms with Gasteiger partial charge in [-0.3, -0.25) is 0 Å². The summed E-state index contributed by atoms with van der Waals surface area (Å²) in [6, 6.07) is 12.6. The van der Waals surface area contributed by atoms with E-state index >= 15 is 0 Å².